The molecule has 0 unspecified atom stereocenters. The molecule has 0 atom stereocenters. The first kappa shape index (κ1) is 19.6. The third kappa shape index (κ3) is 5.19. The quantitative estimate of drug-likeness (QED) is 0.630. The number of rotatable bonds is 8. The molecular weight excluding hydrogens is 357 g/mol. The number of nitrogens with zero attached hydrogens (tertiary/aromatic N) is 1. The number of amides is 2. The molecule has 0 radical (unpaired) electrons. The van der Waals surface area contributed by atoms with E-state index in [1.165, 1.54) is 19.1 Å². The Morgan fingerprint density at radius 3 is 2.57 bits per heavy atom. The van der Waals surface area contributed by atoms with Crippen LogP contribution in [-0.2, 0) is 22.4 Å². The molecule has 2 aromatic carbocycles. The lowest BCUT2D eigenvalue weighted by Crippen LogP contribution is -2.39. The molecule has 0 bridgehead atoms. The molecule has 28 heavy (non-hydrogen) atoms. The summed E-state index contributed by atoms with van der Waals surface area (Å²) in [5.74, 6) is -0.398. The van der Waals surface area contributed by atoms with E-state index in [9.17, 15) is 14.0 Å². The van der Waals surface area contributed by atoms with Crippen molar-refractivity contribution < 1.29 is 14.0 Å². The van der Waals surface area contributed by atoms with Crippen LogP contribution in [0, 0.1) is 5.82 Å². The number of benzene rings is 2. The highest BCUT2D eigenvalue weighted by atomic mass is 19.1. The molecule has 0 aliphatic carbocycles. The lowest BCUT2D eigenvalue weighted by Gasteiger charge is -2.21. The minimum atomic E-state index is -0.273. The number of hydrogen-bond acceptors (Lipinski definition) is 2. The largest absolute Gasteiger partial charge is 0.361 e. The molecule has 2 N–H and O–H groups in total. The van der Waals surface area contributed by atoms with Crippen molar-refractivity contribution in [1.82, 2.24) is 15.2 Å². The van der Waals surface area contributed by atoms with Crippen molar-refractivity contribution >= 4 is 22.7 Å². The van der Waals surface area contributed by atoms with E-state index in [2.05, 4.69) is 10.3 Å². The first-order valence-corrected chi connectivity index (χ1v) is 9.34. The topological polar surface area (TPSA) is 65.2 Å². The lowest BCUT2D eigenvalue weighted by molar-refractivity contribution is -0.129. The number of fused-ring (bicyclic) bond motifs is 1. The van der Waals surface area contributed by atoms with Gasteiger partial charge in [0.25, 0.3) is 0 Å². The molecule has 3 rings (SSSR count). The smallest absolute Gasteiger partial charge is 0.224 e. The van der Waals surface area contributed by atoms with Crippen LogP contribution in [-0.4, -0.2) is 41.3 Å². The van der Waals surface area contributed by atoms with Crippen LogP contribution in [0.5, 0.6) is 0 Å². The molecule has 0 fully saturated rings. The Morgan fingerprint density at radius 2 is 1.82 bits per heavy atom. The van der Waals surface area contributed by atoms with Crippen LogP contribution < -0.4 is 5.32 Å². The van der Waals surface area contributed by atoms with Crippen LogP contribution in [0.1, 0.15) is 18.1 Å². The Bertz CT molecular complexity index is 950. The number of H-pyrrole nitrogens is 1. The van der Waals surface area contributed by atoms with Gasteiger partial charge in [0, 0.05) is 43.7 Å². The van der Waals surface area contributed by atoms with E-state index in [0.717, 1.165) is 22.0 Å². The molecule has 1 heterocycles. The highest BCUT2D eigenvalue weighted by Crippen LogP contribution is 2.17. The van der Waals surface area contributed by atoms with Crippen LogP contribution in [0.25, 0.3) is 10.9 Å². The summed E-state index contributed by atoms with van der Waals surface area (Å²) >= 11 is 0. The number of para-hydroxylation sites is 1. The van der Waals surface area contributed by atoms with E-state index in [0.29, 0.717) is 32.5 Å². The maximum Gasteiger partial charge on any atom is 0.224 e. The summed E-state index contributed by atoms with van der Waals surface area (Å²) < 4.78 is 13.0. The van der Waals surface area contributed by atoms with E-state index in [1.807, 2.05) is 30.5 Å². The first-order chi connectivity index (χ1) is 13.5. The number of aromatic nitrogens is 1. The van der Waals surface area contributed by atoms with Crippen molar-refractivity contribution in [2.45, 2.75) is 19.8 Å². The van der Waals surface area contributed by atoms with E-state index >= 15 is 0 Å². The third-order valence-electron chi connectivity index (χ3n) is 4.76. The predicted molar refractivity (Wildman–Crippen MR) is 107 cm³/mol. The van der Waals surface area contributed by atoms with Crippen LogP contribution in [0.3, 0.4) is 0 Å². The van der Waals surface area contributed by atoms with Crippen molar-refractivity contribution in [1.29, 1.82) is 0 Å². The summed E-state index contributed by atoms with van der Waals surface area (Å²) in [7, 11) is 0. The Balaban J connectivity index is 1.46. The first-order valence-electron chi connectivity index (χ1n) is 9.34. The second-order valence-electron chi connectivity index (χ2n) is 6.77. The van der Waals surface area contributed by atoms with Crippen molar-refractivity contribution in [3.63, 3.8) is 0 Å². The maximum atomic E-state index is 13.0. The van der Waals surface area contributed by atoms with Crippen molar-refractivity contribution in [2.24, 2.45) is 0 Å². The third-order valence-corrected chi connectivity index (χ3v) is 4.76. The number of halogens is 1. The average molecular weight is 381 g/mol. The van der Waals surface area contributed by atoms with E-state index in [-0.39, 0.29) is 17.6 Å². The van der Waals surface area contributed by atoms with Crippen LogP contribution in [0.2, 0.25) is 0 Å². The summed E-state index contributed by atoms with van der Waals surface area (Å²) in [5.41, 5.74) is 2.93. The van der Waals surface area contributed by atoms with Crippen molar-refractivity contribution in [3.05, 3.63) is 71.7 Å². The Hall–Kier alpha value is -3.15. The number of carbonyl (C=O) groups excluding carboxylic acids is 2. The van der Waals surface area contributed by atoms with Gasteiger partial charge >= 0.3 is 0 Å². The molecule has 2 amide bonds. The molecule has 0 spiro atoms. The molecule has 1 aromatic heterocycles. The van der Waals surface area contributed by atoms with Gasteiger partial charge in [0.15, 0.2) is 0 Å². The van der Waals surface area contributed by atoms with Gasteiger partial charge in [0.05, 0.1) is 6.42 Å². The predicted octanol–water partition coefficient (Wildman–Crippen LogP) is 3.06. The van der Waals surface area contributed by atoms with Crippen molar-refractivity contribution in [2.75, 3.05) is 19.6 Å². The lowest BCUT2D eigenvalue weighted by atomic mass is 10.1. The Morgan fingerprint density at radius 1 is 1.07 bits per heavy atom. The van der Waals surface area contributed by atoms with Crippen LogP contribution in [0.15, 0.2) is 54.7 Å². The van der Waals surface area contributed by atoms with E-state index in [1.54, 1.807) is 17.0 Å². The molecule has 146 valence electrons. The number of carbonyl (C=O) groups is 2. The fraction of sp³-hybridized carbons (Fsp3) is 0.273. The summed E-state index contributed by atoms with van der Waals surface area (Å²) in [5, 5.41) is 3.92. The zero-order chi connectivity index (χ0) is 19.9. The molecule has 0 aliphatic rings. The molecule has 5 nitrogen and oxygen atoms in total. The molecule has 0 saturated heterocycles. The van der Waals surface area contributed by atoms with Gasteiger partial charge in [0.2, 0.25) is 11.8 Å². The fourth-order valence-electron chi connectivity index (χ4n) is 3.19. The van der Waals surface area contributed by atoms with Gasteiger partial charge in [-0.3, -0.25) is 9.59 Å². The van der Waals surface area contributed by atoms with Crippen molar-refractivity contribution in [3.8, 4) is 0 Å². The van der Waals surface area contributed by atoms with Gasteiger partial charge in [-0.15, -0.1) is 0 Å². The number of hydrogen-bond donors (Lipinski definition) is 2. The van der Waals surface area contributed by atoms with Gasteiger partial charge < -0.3 is 15.2 Å². The number of nitrogens with one attached hydrogen (secondary N) is 2. The fourth-order valence-corrected chi connectivity index (χ4v) is 3.19. The van der Waals surface area contributed by atoms with E-state index in [4.69, 9.17) is 0 Å². The monoisotopic (exact) mass is 381 g/mol. The van der Waals surface area contributed by atoms with Gasteiger partial charge in [0.1, 0.15) is 5.82 Å². The zero-order valence-corrected chi connectivity index (χ0v) is 15.9. The number of aromatic amines is 1. The highest BCUT2D eigenvalue weighted by Gasteiger charge is 2.11. The SMILES string of the molecule is CC(=O)N(CCNC(=O)Cc1c[nH]c2ccccc12)CCc1ccc(F)cc1. The Labute approximate surface area is 163 Å². The van der Waals surface area contributed by atoms with E-state index < -0.39 is 0 Å². The molecular formula is C22H24FN3O2. The highest BCUT2D eigenvalue weighted by molar-refractivity contribution is 5.88. The molecule has 0 aliphatic heterocycles. The van der Waals surface area contributed by atoms with Gasteiger partial charge in [-0.25, -0.2) is 4.39 Å². The van der Waals surface area contributed by atoms with Gasteiger partial charge in [-0.2, -0.15) is 0 Å². The second-order valence-corrected chi connectivity index (χ2v) is 6.77. The average Bonchev–Trinajstić information content (AvgIpc) is 3.08. The molecule has 3 aromatic rings. The van der Waals surface area contributed by atoms with Gasteiger partial charge in [-0.1, -0.05) is 30.3 Å². The standard InChI is InChI=1S/C22H24FN3O2/c1-16(27)26(12-10-17-6-8-19(23)9-7-17)13-11-24-22(28)14-18-15-25-21-5-3-2-4-20(18)21/h2-9,15,25H,10-14H2,1H3,(H,24,28). The second kappa shape index (κ2) is 9.17. The zero-order valence-electron chi connectivity index (χ0n) is 15.9. The summed E-state index contributed by atoms with van der Waals surface area (Å²) in [6.07, 6.45) is 2.79. The summed E-state index contributed by atoms with van der Waals surface area (Å²) in [6, 6.07) is 14.1. The Kier molecular flexibility index (Phi) is 6.42. The minimum Gasteiger partial charge on any atom is -0.361 e. The van der Waals surface area contributed by atoms with Crippen LogP contribution >= 0.6 is 0 Å². The molecule has 6 heteroatoms. The summed E-state index contributed by atoms with van der Waals surface area (Å²) in [6.45, 7) is 2.87. The summed E-state index contributed by atoms with van der Waals surface area (Å²) in [4.78, 5) is 29.0. The van der Waals surface area contributed by atoms with Crippen LogP contribution in [0.4, 0.5) is 4.39 Å². The molecule has 0 saturated carbocycles. The maximum absolute atomic E-state index is 13.0. The van der Waals surface area contributed by atoms with Gasteiger partial charge in [-0.05, 0) is 35.7 Å². The minimum absolute atomic E-state index is 0.0482. The normalized spacial score (nSPS) is 10.8.